The monoisotopic (exact) mass is 233 g/mol. The van der Waals surface area contributed by atoms with Crippen molar-refractivity contribution in [3.05, 3.63) is 29.8 Å². The Morgan fingerprint density at radius 1 is 1.41 bits per heavy atom. The van der Waals surface area contributed by atoms with Gasteiger partial charge in [-0.3, -0.25) is 4.79 Å². The van der Waals surface area contributed by atoms with Gasteiger partial charge in [-0.25, -0.2) is 0 Å². The fourth-order valence-corrected chi connectivity index (χ4v) is 2.25. The summed E-state index contributed by atoms with van der Waals surface area (Å²) >= 11 is 0. The Morgan fingerprint density at radius 2 is 2.12 bits per heavy atom. The zero-order chi connectivity index (χ0) is 12.3. The number of carbonyl (C=O) groups excluding carboxylic acids is 1. The predicted octanol–water partition coefficient (Wildman–Crippen LogP) is 2.70. The van der Waals surface area contributed by atoms with Gasteiger partial charge in [0.15, 0.2) is 0 Å². The first-order chi connectivity index (χ1) is 8.17. The van der Waals surface area contributed by atoms with Crippen LogP contribution in [-0.4, -0.2) is 17.6 Å². The lowest BCUT2D eigenvalue weighted by molar-refractivity contribution is 0.0941. The van der Waals surface area contributed by atoms with E-state index in [-0.39, 0.29) is 11.7 Å². The molecule has 17 heavy (non-hydrogen) atoms. The van der Waals surface area contributed by atoms with Crippen molar-refractivity contribution in [2.75, 3.05) is 6.54 Å². The third kappa shape index (κ3) is 2.78. The molecule has 0 aliphatic heterocycles. The van der Waals surface area contributed by atoms with E-state index in [1.807, 2.05) is 0 Å². The fourth-order valence-electron chi connectivity index (χ4n) is 2.25. The Morgan fingerprint density at radius 3 is 2.71 bits per heavy atom. The van der Waals surface area contributed by atoms with Crippen molar-refractivity contribution in [1.29, 1.82) is 0 Å². The molecule has 0 atom stereocenters. The van der Waals surface area contributed by atoms with Gasteiger partial charge in [-0.15, -0.1) is 0 Å². The molecular formula is C14H19NO2. The van der Waals surface area contributed by atoms with Crippen LogP contribution in [0.3, 0.4) is 0 Å². The second-order valence-corrected chi connectivity index (χ2v) is 4.95. The third-order valence-electron chi connectivity index (χ3n) is 3.51. The minimum Gasteiger partial charge on any atom is -0.507 e. The van der Waals surface area contributed by atoms with E-state index in [0.29, 0.717) is 11.0 Å². The molecule has 3 nitrogen and oxygen atoms in total. The number of phenolic OH excluding ortho intramolecular Hbond substituents is 1. The molecule has 0 radical (unpaired) electrons. The van der Waals surface area contributed by atoms with Gasteiger partial charge < -0.3 is 10.4 Å². The van der Waals surface area contributed by atoms with E-state index >= 15 is 0 Å². The van der Waals surface area contributed by atoms with Crippen LogP contribution in [0.15, 0.2) is 24.3 Å². The highest BCUT2D eigenvalue weighted by atomic mass is 16.3. The molecule has 2 rings (SSSR count). The van der Waals surface area contributed by atoms with Crippen LogP contribution in [0, 0.1) is 5.41 Å². The number of benzene rings is 1. The molecule has 92 valence electrons. The molecule has 0 saturated heterocycles. The molecule has 3 heteroatoms. The van der Waals surface area contributed by atoms with E-state index in [9.17, 15) is 9.90 Å². The Balaban J connectivity index is 1.92. The molecule has 0 spiro atoms. The van der Waals surface area contributed by atoms with Gasteiger partial charge in [0.05, 0.1) is 5.56 Å². The van der Waals surface area contributed by atoms with Crippen LogP contribution < -0.4 is 5.32 Å². The third-order valence-corrected chi connectivity index (χ3v) is 3.51. The molecule has 1 aromatic carbocycles. The largest absolute Gasteiger partial charge is 0.507 e. The summed E-state index contributed by atoms with van der Waals surface area (Å²) < 4.78 is 0. The quantitative estimate of drug-likeness (QED) is 0.821. The molecule has 1 fully saturated rings. The van der Waals surface area contributed by atoms with Gasteiger partial charge in [0, 0.05) is 6.54 Å². The standard InChI is InChI=1S/C14H19NO2/c1-2-7-14(8-9-14)10-15-13(17)11-5-3-4-6-12(11)16/h3-6,16H,2,7-10H2,1H3,(H,15,17). The summed E-state index contributed by atoms with van der Waals surface area (Å²) in [6.45, 7) is 2.90. The summed E-state index contributed by atoms with van der Waals surface area (Å²) in [7, 11) is 0. The van der Waals surface area contributed by atoms with Crippen LogP contribution in [0.1, 0.15) is 43.0 Å². The number of rotatable bonds is 5. The number of phenols is 1. The summed E-state index contributed by atoms with van der Waals surface area (Å²) in [5.41, 5.74) is 0.703. The maximum atomic E-state index is 11.9. The summed E-state index contributed by atoms with van der Waals surface area (Å²) in [5.74, 6) is -0.129. The van der Waals surface area contributed by atoms with Crippen molar-refractivity contribution in [3.63, 3.8) is 0 Å². The number of carbonyl (C=O) groups is 1. The second-order valence-electron chi connectivity index (χ2n) is 4.95. The Kier molecular flexibility index (Phi) is 3.36. The summed E-state index contributed by atoms with van der Waals surface area (Å²) in [5, 5.41) is 12.5. The highest BCUT2D eigenvalue weighted by Crippen LogP contribution is 2.48. The predicted molar refractivity (Wildman–Crippen MR) is 67.0 cm³/mol. The van der Waals surface area contributed by atoms with E-state index < -0.39 is 0 Å². The highest BCUT2D eigenvalue weighted by Gasteiger charge is 2.41. The first-order valence-electron chi connectivity index (χ1n) is 6.23. The van der Waals surface area contributed by atoms with Crippen LogP contribution in [0.2, 0.25) is 0 Å². The first-order valence-corrected chi connectivity index (χ1v) is 6.23. The van der Waals surface area contributed by atoms with Crippen LogP contribution >= 0.6 is 0 Å². The van der Waals surface area contributed by atoms with E-state index in [1.54, 1.807) is 18.2 Å². The van der Waals surface area contributed by atoms with Crippen LogP contribution in [0.5, 0.6) is 5.75 Å². The van der Waals surface area contributed by atoms with Crippen molar-refractivity contribution in [1.82, 2.24) is 5.32 Å². The van der Waals surface area contributed by atoms with Crippen molar-refractivity contribution in [3.8, 4) is 5.75 Å². The van der Waals surface area contributed by atoms with E-state index in [1.165, 1.54) is 25.3 Å². The molecule has 0 heterocycles. The van der Waals surface area contributed by atoms with Crippen molar-refractivity contribution >= 4 is 5.91 Å². The van der Waals surface area contributed by atoms with E-state index in [4.69, 9.17) is 0 Å². The maximum absolute atomic E-state index is 11.9. The average Bonchev–Trinajstić information content (AvgIpc) is 3.08. The van der Waals surface area contributed by atoms with Gasteiger partial charge in [-0.05, 0) is 36.8 Å². The average molecular weight is 233 g/mol. The second kappa shape index (κ2) is 4.78. The molecule has 1 aromatic rings. The minimum absolute atomic E-state index is 0.0466. The number of nitrogens with one attached hydrogen (secondary N) is 1. The van der Waals surface area contributed by atoms with Crippen LogP contribution in [0.4, 0.5) is 0 Å². The Bertz CT molecular complexity index is 410. The summed E-state index contributed by atoms with van der Waals surface area (Å²) in [6, 6.07) is 6.65. The van der Waals surface area contributed by atoms with Gasteiger partial charge in [-0.1, -0.05) is 25.5 Å². The molecule has 1 saturated carbocycles. The maximum Gasteiger partial charge on any atom is 0.255 e. The minimum atomic E-state index is -0.175. The van der Waals surface area contributed by atoms with Gasteiger partial charge in [0.25, 0.3) is 5.91 Å². The Hall–Kier alpha value is -1.51. The lowest BCUT2D eigenvalue weighted by atomic mass is 10.0. The normalized spacial score (nSPS) is 16.5. The number of amides is 1. The first kappa shape index (κ1) is 12.0. The van der Waals surface area contributed by atoms with Crippen molar-refractivity contribution in [2.24, 2.45) is 5.41 Å². The number of para-hydroxylation sites is 1. The van der Waals surface area contributed by atoms with Crippen molar-refractivity contribution < 1.29 is 9.90 Å². The smallest absolute Gasteiger partial charge is 0.255 e. The molecule has 1 aliphatic rings. The van der Waals surface area contributed by atoms with E-state index in [0.717, 1.165) is 13.0 Å². The topological polar surface area (TPSA) is 49.3 Å². The summed E-state index contributed by atoms with van der Waals surface area (Å²) in [4.78, 5) is 11.9. The zero-order valence-electron chi connectivity index (χ0n) is 10.2. The molecule has 1 amide bonds. The van der Waals surface area contributed by atoms with Crippen LogP contribution in [-0.2, 0) is 0 Å². The van der Waals surface area contributed by atoms with Gasteiger partial charge in [0.2, 0.25) is 0 Å². The van der Waals surface area contributed by atoms with E-state index in [2.05, 4.69) is 12.2 Å². The van der Waals surface area contributed by atoms with Gasteiger partial charge in [-0.2, -0.15) is 0 Å². The molecule has 2 N–H and O–H groups in total. The SMILES string of the molecule is CCCC1(CNC(=O)c2ccccc2O)CC1. The fraction of sp³-hybridized carbons (Fsp3) is 0.500. The van der Waals surface area contributed by atoms with Crippen molar-refractivity contribution in [2.45, 2.75) is 32.6 Å². The molecular weight excluding hydrogens is 214 g/mol. The van der Waals surface area contributed by atoms with Gasteiger partial charge in [0.1, 0.15) is 5.75 Å². The summed E-state index contributed by atoms with van der Waals surface area (Å²) in [6.07, 6.45) is 4.75. The Labute approximate surface area is 102 Å². The van der Waals surface area contributed by atoms with Gasteiger partial charge >= 0.3 is 0 Å². The highest BCUT2D eigenvalue weighted by molar-refractivity contribution is 5.96. The molecule has 0 unspecified atom stereocenters. The zero-order valence-corrected chi connectivity index (χ0v) is 10.2. The van der Waals surface area contributed by atoms with Crippen LogP contribution in [0.25, 0.3) is 0 Å². The lowest BCUT2D eigenvalue weighted by Gasteiger charge is -2.15. The molecule has 0 aromatic heterocycles. The number of hydrogen-bond donors (Lipinski definition) is 2. The molecule has 1 aliphatic carbocycles. The lowest BCUT2D eigenvalue weighted by Crippen LogP contribution is -2.30. The molecule has 0 bridgehead atoms. The number of hydrogen-bond acceptors (Lipinski definition) is 2. The number of aromatic hydroxyl groups is 1.